The van der Waals surface area contributed by atoms with Crippen molar-refractivity contribution < 1.29 is 14.6 Å². The predicted octanol–water partition coefficient (Wildman–Crippen LogP) is 4.52. The number of nitrogens with zero attached hydrogens (tertiary/aromatic N) is 1. The number of aromatic hydroxyl groups is 1. The lowest BCUT2D eigenvalue weighted by atomic mass is 10.2. The molecule has 1 N–H and O–H groups in total. The molecule has 0 atom stereocenters. The average molecular weight is 311 g/mol. The number of ether oxygens (including phenoxy) is 2. The Hall–Kier alpha value is -2.62. The van der Waals surface area contributed by atoms with Crippen molar-refractivity contribution in [1.29, 1.82) is 0 Å². The van der Waals surface area contributed by atoms with E-state index >= 15 is 0 Å². The Balaban J connectivity index is 1.96. The van der Waals surface area contributed by atoms with Crippen molar-refractivity contribution in [3.05, 3.63) is 54.2 Å². The first-order valence-corrected chi connectivity index (χ1v) is 7.69. The lowest BCUT2D eigenvalue weighted by molar-refractivity contribution is 0.285. The fourth-order valence-electron chi connectivity index (χ4n) is 2.78. The van der Waals surface area contributed by atoms with Gasteiger partial charge < -0.3 is 19.1 Å². The van der Waals surface area contributed by atoms with Gasteiger partial charge in [0.15, 0.2) is 11.5 Å². The first kappa shape index (κ1) is 15.3. The summed E-state index contributed by atoms with van der Waals surface area (Å²) in [6.07, 6.45) is 2.05. The first-order chi connectivity index (χ1) is 11.1. The summed E-state index contributed by atoms with van der Waals surface area (Å²) in [4.78, 5) is 0. The van der Waals surface area contributed by atoms with Crippen LogP contribution in [0.3, 0.4) is 0 Å². The normalized spacial score (nSPS) is 11.1. The summed E-state index contributed by atoms with van der Waals surface area (Å²) >= 11 is 0. The van der Waals surface area contributed by atoms with Crippen molar-refractivity contribution in [3.8, 4) is 17.2 Å². The molecule has 120 valence electrons. The molecule has 2 aromatic carbocycles. The van der Waals surface area contributed by atoms with Crippen molar-refractivity contribution in [2.45, 2.75) is 26.5 Å². The Bertz CT molecular complexity index is 821. The number of aromatic nitrogens is 1. The third kappa shape index (κ3) is 2.84. The number of para-hydroxylation sites is 3. The van der Waals surface area contributed by atoms with Gasteiger partial charge in [-0.3, -0.25) is 0 Å². The molecule has 0 saturated carbocycles. The van der Waals surface area contributed by atoms with Crippen LogP contribution < -0.4 is 9.47 Å². The molecule has 0 aliphatic heterocycles. The van der Waals surface area contributed by atoms with Crippen LogP contribution >= 0.6 is 0 Å². The van der Waals surface area contributed by atoms with Gasteiger partial charge in [0, 0.05) is 23.2 Å². The Kier molecular flexibility index (Phi) is 4.15. The van der Waals surface area contributed by atoms with Crippen molar-refractivity contribution >= 4 is 10.9 Å². The molecule has 3 aromatic rings. The summed E-state index contributed by atoms with van der Waals surface area (Å²) in [6, 6.07) is 13.4. The Morgan fingerprint density at radius 1 is 1.04 bits per heavy atom. The van der Waals surface area contributed by atoms with Crippen molar-refractivity contribution in [1.82, 2.24) is 4.57 Å². The lowest BCUT2D eigenvalue weighted by Gasteiger charge is -2.10. The molecule has 1 heterocycles. The average Bonchev–Trinajstić information content (AvgIpc) is 2.93. The molecule has 0 radical (unpaired) electrons. The highest BCUT2D eigenvalue weighted by molar-refractivity contribution is 5.89. The smallest absolute Gasteiger partial charge is 0.161 e. The number of hydrogen-bond donors (Lipinski definition) is 1. The minimum Gasteiger partial charge on any atom is -0.506 e. The summed E-state index contributed by atoms with van der Waals surface area (Å²) in [5, 5.41) is 11.2. The van der Waals surface area contributed by atoms with Gasteiger partial charge in [-0.25, -0.2) is 0 Å². The monoisotopic (exact) mass is 311 g/mol. The number of hydrogen-bond acceptors (Lipinski definition) is 3. The maximum Gasteiger partial charge on any atom is 0.161 e. The molecule has 1 aromatic heterocycles. The van der Waals surface area contributed by atoms with Gasteiger partial charge in [-0.05, 0) is 32.0 Å². The molecule has 0 aliphatic rings. The van der Waals surface area contributed by atoms with E-state index in [0.717, 1.165) is 16.5 Å². The summed E-state index contributed by atoms with van der Waals surface area (Å²) in [5.74, 6) is 1.71. The van der Waals surface area contributed by atoms with Crippen molar-refractivity contribution in [2.24, 2.45) is 0 Å². The summed E-state index contributed by atoms with van der Waals surface area (Å²) < 4.78 is 13.3. The summed E-state index contributed by atoms with van der Waals surface area (Å²) in [5.41, 5.74) is 1.89. The second kappa shape index (κ2) is 6.24. The molecule has 4 nitrogen and oxygen atoms in total. The number of phenolic OH excluding ortho intramolecular Hbond substituents is 1. The van der Waals surface area contributed by atoms with Gasteiger partial charge in [0.2, 0.25) is 0 Å². The van der Waals surface area contributed by atoms with Gasteiger partial charge in [-0.1, -0.05) is 24.3 Å². The van der Waals surface area contributed by atoms with Crippen LogP contribution in [0.25, 0.3) is 10.9 Å². The Labute approximate surface area is 135 Å². The second-order valence-electron chi connectivity index (χ2n) is 5.77. The van der Waals surface area contributed by atoms with Gasteiger partial charge in [0.05, 0.1) is 12.6 Å². The topological polar surface area (TPSA) is 43.6 Å². The SMILES string of the molecule is COc1ccccc1OCc1cn(C(C)C)c2c(O)cccc12. The molecule has 23 heavy (non-hydrogen) atoms. The van der Waals surface area contributed by atoms with Crippen LogP contribution in [0.4, 0.5) is 0 Å². The molecule has 0 unspecified atom stereocenters. The van der Waals surface area contributed by atoms with Crippen LogP contribution in [0.5, 0.6) is 17.2 Å². The fourth-order valence-corrected chi connectivity index (χ4v) is 2.78. The molecule has 4 heteroatoms. The number of benzene rings is 2. The van der Waals surface area contributed by atoms with Crippen LogP contribution in [0.2, 0.25) is 0 Å². The van der Waals surface area contributed by atoms with E-state index in [2.05, 4.69) is 18.4 Å². The van der Waals surface area contributed by atoms with Gasteiger partial charge in [0.25, 0.3) is 0 Å². The standard InChI is InChI=1S/C19H21NO3/c1-13(2)20-11-14(15-7-6-8-16(21)19(15)20)12-23-18-10-5-4-9-17(18)22-3/h4-11,13,21H,12H2,1-3H3. The number of phenols is 1. The zero-order valence-corrected chi connectivity index (χ0v) is 13.6. The molecule has 0 spiro atoms. The van der Waals surface area contributed by atoms with Crippen LogP contribution in [-0.2, 0) is 6.61 Å². The maximum atomic E-state index is 10.2. The molecule has 0 bridgehead atoms. The highest BCUT2D eigenvalue weighted by Crippen LogP contribution is 2.33. The van der Waals surface area contributed by atoms with E-state index in [1.54, 1.807) is 13.2 Å². The highest BCUT2D eigenvalue weighted by Gasteiger charge is 2.14. The summed E-state index contributed by atoms with van der Waals surface area (Å²) in [7, 11) is 1.63. The number of rotatable bonds is 5. The third-order valence-electron chi connectivity index (χ3n) is 3.92. The number of methoxy groups -OCH3 is 1. The van der Waals surface area contributed by atoms with Gasteiger partial charge in [0.1, 0.15) is 12.4 Å². The van der Waals surface area contributed by atoms with Crippen molar-refractivity contribution in [3.63, 3.8) is 0 Å². The van der Waals surface area contributed by atoms with E-state index in [9.17, 15) is 5.11 Å². The van der Waals surface area contributed by atoms with Crippen molar-refractivity contribution in [2.75, 3.05) is 7.11 Å². The van der Waals surface area contributed by atoms with Crippen LogP contribution in [0.1, 0.15) is 25.5 Å². The predicted molar refractivity (Wildman–Crippen MR) is 91.3 cm³/mol. The van der Waals surface area contributed by atoms with E-state index in [1.165, 1.54) is 0 Å². The molecule has 3 rings (SSSR count). The van der Waals surface area contributed by atoms with Crippen LogP contribution in [-0.4, -0.2) is 16.8 Å². The maximum absolute atomic E-state index is 10.2. The third-order valence-corrected chi connectivity index (χ3v) is 3.92. The highest BCUT2D eigenvalue weighted by atomic mass is 16.5. The zero-order chi connectivity index (χ0) is 16.4. The fraction of sp³-hybridized carbons (Fsp3) is 0.263. The van der Waals surface area contributed by atoms with Crippen LogP contribution in [0, 0.1) is 0 Å². The quantitative estimate of drug-likeness (QED) is 0.753. The lowest BCUT2D eigenvalue weighted by Crippen LogP contribution is -1.99. The minimum atomic E-state index is 0.255. The van der Waals surface area contributed by atoms with Gasteiger partial charge in [-0.15, -0.1) is 0 Å². The van der Waals surface area contributed by atoms with E-state index in [0.29, 0.717) is 23.9 Å². The zero-order valence-electron chi connectivity index (χ0n) is 13.6. The van der Waals surface area contributed by atoms with Gasteiger partial charge in [-0.2, -0.15) is 0 Å². The van der Waals surface area contributed by atoms with E-state index < -0.39 is 0 Å². The van der Waals surface area contributed by atoms with E-state index in [1.807, 2.05) is 42.6 Å². The molecular formula is C19H21NO3. The molecule has 0 aliphatic carbocycles. The minimum absolute atomic E-state index is 0.255. The molecule has 0 fully saturated rings. The van der Waals surface area contributed by atoms with E-state index in [-0.39, 0.29) is 6.04 Å². The number of fused-ring (bicyclic) bond motifs is 1. The van der Waals surface area contributed by atoms with E-state index in [4.69, 9.17) is 9.47 Å². The Morgan fingerprint density at radius 3 is 2.48 bits per heavy atom. The van der Waals surface area contributed by atoms with Gasteiger partial charge >= 0.3 is 0 Å². The first-order valence-electron chi connectivity index (χ1n) is 7.69. The molecular weight excluding hydrogens is 290 g/mol. The Morgan fingerprint density at radius 2 is 1.78 bits per heavy atom. The summed E-state index contributed by atoms with van der Waals surface area (Å²) in [6.45, 7) is 4.60. The largest absolute Gasteiger partial charge is 0.506 e. The molecule has 0 amide bonds. The molecule has 0 saturated heterocycles. The second-order valence-corrected chi connectivity index (χ2v) is 5.77. The van der Waals surface area contributed by atoms with Crippen LogP contribution in [0.15, 0.2) is 48.7 Å².